The van der Waals surface area contributed by atoms with Gasteiger partial charge < -0.3 is 10.2 Å². The normalized spacial score (nSPS) is 19.4. The molecule has 2 heteroatoms. The van der Waals surface area contributed by atoms with Gasteiger partial charge in [0.2, 0.25) is 0 Å². The van der Waals surface area contributed by atoms with Crippen LogP contribution in [0.3, 0.4) is 0 Å². The monoisotopic (exact) mass is 186 g/mol. The SMILES string of the molecule is C#CCN1c2ccccc2NCC1C. The number of terminal acetylenes is 1. The minimum atomic E-state index is 0.459. The maximum atomic E-state index is 5.37. The van der Waals surface area contributed by atoms with E-state index >= 15 is 0 Å². The number of hydrogen-bond acceptors (Lipinski definition) is 2. The quantitative estimate of drug-likeness (QED) is 0.674. The summed E-state index contributed by atoms with van der Waals surface area (Å²) in [5.41, 5.74) is 2.39. The van der Waals surface area contributed by atoms with Crippen molar-refractivity contribution in [1.29, 1.82) is 0 Å². The van der Waals surface area contributed by atoms with Crippen LogP contribution in [0.5, 0.6) is 0 Å². The summed E-state index contributed by atoms with van der Waals surface area (Å²) in [6.45, 7) is 3.82. The lowest BCUT2D eigenvalue weighted by Gasteiger charge is -2.36. The molecule has 1 heterocycles. The fraction of sp³-hybridized carbons (Fsp3) is 0.333. The standard InChI is InChI=1S/C12H14N2/c1-3-8-14-10(2)9-13-11-6-4-5-7-12(11)14/h1,4-7,10,13H,8-9H2,2H3. The molecule has 1 N–H and O–H groups in total. The van der Waals surface area contributed by atoms with Crippen LogP contribution in [0.15, 0.2) is 24.3 Å². The van der Waals surface area contributed by atoms with E-state index in [1.165, 1.54) is 11.4 Å². The highest BCUT2D eigenvalue weighted by atomic mass is 15.2. The Bertz CT molecular complexity index is 365. The average molecular weight is 186 g/mol. The Morgan fingerprint density at radius 3 is 3.14 bits per heavy atom. The van der Waals surface area contributed by atoms with Crippen LogP contribution in [-0.4, -0.2) is 19.1 Å². The first-order valence-electron chi connectivity index (χ1n) is 4.86. The van der Waals surface area contributed by atoms with Crippen molar-refractivity contribution >= 4 is 11.4 Å². The summed E-state index contributed by atoms with van der Waals surface area (Å²) in [4.78, 5) is 2.26. The van der Waals surface area contributed by atoms with E-state index in [1.54, 1.807) is 0 Å². The second-order valence-corrected chi connectivity index (χ2v) is 3.58. The molecule has 1 atom stereocenters. The van der Waals surface area contributed by atoms with Crippen molar-refractivity contribution < 1.29 is 0 Å². The lowest BCUT2D eigenvalue weighted by molar-refractivity contribution is 0.679. The lowest BCUT2D eigenvalue weighted by Crippen LogP contribution is -2.42. The maximum absolute atomic E-state index is 5.37. The second-order valence-electron chi connectivity index (χ2n) is 3.58. The van der Waals surface area contributed by atoms with Gasteiger partial charge in [-0.1, -0.05) is 18.1 Å². The van der Waals surface area contributed by atoms with Gasteiger partial charge in [-0.25, -0.2) is 0 Å². The van der Waals surface area contributed by atoms with Crippen molar-refractivity contribution in [3.63, 3.8) is 0 Å². The van der Waals surface area contributed by atoms with Gasteiger partial charge in [-0.05, 0) is 19.1 Å². The van der Waals surface area contributed by atoms with Crippen molar-refractivity contribution in [3.05, 3.63) is 24.3 Å². The zero-order valence-electron chi connectivity index (χ0n) is 8.33. The van der Waals surface area contributed by atoms with Gasteiger partial charge in [-0.3, -0.25) is 0 Å². The molecular weight excluding hydrogens is 172 g/mol. The van der Waals surface area contributed by atoms with E-state index in [0.29, 0.717) is 12.6 Å². The van der Waals surface area contributed by atoms with Crippen LogP contribution in [-0.2, 0) is 0 Å². The molecule has 1 aliphatic rings. The van der Waals surface area contributed by atoms with Gasteiger partial charge in [0, 0.05) is 12.6 Å². The minimum Gasteiger partial charge on any atom is -0.381 e. The smallest absolute Gasteiger partial charge is 0.0796 e. The molecular formula is C12H14N2. The molecule has 2 nitrogen and oxygen atoms in total. The van der Waals surface area contributed by atoms with E-state index in [4.69, 9.17) is 6.42 Å². The molecule has 1 unspecified atom stereocenters. The molecule has 0 fully saturated rings. The molecule has 1 aromatic rings. The van der Waals surface area contributed by atoms with Crippen molar-refractivity contribution in [2.75, 3.05) is 23.3 Å². The third kappa shape index (κ3) is 1.42. The number of nitrogens with zero attached hydrogens (tertiary/aromatic N) is 1. The third-order valence-corrected chi connectivity index (χ3v) is 2.60. The van der Waals surface area contributed by atoms with E-state index in [9.17, 15) is 0 Å². The molecule has 0 saturated carbocycles. The largest absolute Gasteiger partial charge is 0.381 e. The number of anilines is 2. The Hall–Kier alpha value is -1.62. The number of rotatable bonds is 1. The molecule has 0 amide bonds. The number of para-hydroxylation sites is 2. The molecule has 2 rings (SSSR count). The Labute approximate surface area is 84.9 Å². The Balaban J connectivity index is 2.37. The van der Waals surface area contributed by atoms with Crippen molar-refractivity contribution in [3.8, 4) is 12.3 Å². The Morgan fingerprint density at radius 1 is 1.57 bits per heavy atom. The zero-order chi connectivity index (χ0) is 9.97. The number of fused-ring (bicyclic) bond motifs is 1. The minimum absolute atomic E-state index is 0.459. The average Bonchev–Trinajstić information content (AvgIpc) is 2.23. The molecule has 0 aliphatic carbocycles. The van der Waals surface area contributed by atoms with Gasteiger partial charge in [-0.2, -0.15) is 0 Å². The first-order chi connectivity index (χ1) is 6.83. The molecule has 0 saturated heterocycles. The summed E-state index contributed by atoms with van der Waals surface area (Å²) in [5, 5.41) is 3.39. The first-order valence-corrected chi connectivity index (χ1v) is 4.86. The van der Waals surface area contributed by atoms with Gasteiger partial charge in [-0.15, -0.1) is 6.42 Å². The molecule has 1 aromatic carbocycles. The molecule has 0 aromatic heterocycles. The van der Waals surface area contributed by atoms with Crippen LogP contribution < -0.4 is 10.2 Å². The topological polar surface area (TPSA) is 15.3 Å². The fourth-order valence-electron chi connectivity index (χ4n) is 1.82. The molecule has 0 radical (unpaired) electrons. The van der Waals surface area contributed by atoms with E-state index in [0.717, 1.165) is 6.54 Å². The highest BCUT2D eigenvalue weighted by molar-refractivity contribution is 5.72. The van der Waals surface area contributed by atoms with Gasteiger partial charge >= 0.3 is 0 Å². The molecule has 0 spiro atoms. The van der Waals surface area contributed by atoms with Crippen LogP contribution in [0.1, 0.15) is 6.92 Å². The van der Waals surface area contributed by atoms with E-state index < -0.39 is 0 Å². The lowest BCUT2D eigenvalue weighted by atomic mass is 10.1. The summed E-state index contributed by atoms with van der Waals surface area (Å²) in [6.07, 6.45) is 5.37. The van der Waals surface area contributed by atoms with Crippen LogP contribution >= 0.6 is 0 Å². The van der Waals surface area contributed by atoms with E-state index in [1.807, 2.05) is 12.1 Å². The number of nitrogens with one attached hydrogen (secondary N) is 1. The van der Waals surface area contributed by atoms with Crippen LogP contribution in [0.2, 0.25) is 0 Å². The predicted molar refractivity (Wildman–Crippen MR) is 60.6 cm³/mol. The zero-order valence-corrected chi connectivity index (χ0v) is 8.33. The molecule has 72 valence electrons. The van der Waals surface area contributed by atoms with Gasteiger partial charge in [0.25, 0.3) is 0 Å². The molecule has 1 aliphatic heterocycles. The second kappa shape index (κ2) is 3.63. The summed E-state index contributed by atoms with van der Waals surface area (Å²) in [5.74, 6) is 2.71. The third-order valence-electron chi connectivity index (χ3n) is 2.60. The van der Waals surface area contributed by atoms with E-state index in [-0.39, 0.29) is 0 Å². The predicted octanol–water partition coefficient (Wildman–Crippen LogP) is 1.94. The molecule has 0 bridgehead atoms. The van der Waals surface area contributed by atoms with Crippen LogP contribution in [0, 0.1) is 12.3 Å². The summed E-state index contributed by atoms with van der Waals surface area (Å²) in [7, 11) is 0. The van der Waals surface area contributed by atoms with Crippen LogP contribution in [0.25, 0.3) is 0 Å². The van der Waals surface area contributed by atoms with Gasteiger partial charge in [0.15, 0.2) is 0 Å². The van der Waals surface area contributed by atoms with Crippen LogP contribution in [0.4, 0.5) is 11.4 Å². The Kier molecular flexibility index (Phi) is 2.32. The summed E-state index contributed by atoms with van der Waals surface area (Å²) < 4.78 is 0. The summed E-state index contributed by atoms with van der Waals surface area (Å²) >= 11 is 0. The van der Waals surface area contributed by atoms with Gasteiger partial charge in [0.05, 0.1) is 17.9 Å². The van der Waals surface area contributed by atoms with E-state index in [2.05, 4.69) is 35.2 Å². The molecule has 14 heavy (non-hydrogen) atoms. The number of benzene rings is 1. The van der Waals surface area contributed by atoms with Crippen molar-refractivity contribution in [2.45, 2.75) is 13.0 Å². The highest BCUT2D eigenvalue weighted by Gasteiger charge is 2.20. The Morgan fingerprint density at radius 2 is 2.36 bits per heavy atom. The van der Waals surface area contributed by atoms with Crippen molar-refractivity contribution in [2.24, 2.45) is 0 Å². The first kappa shape index (κ1) is 8.96. The number of hydrogen-bond donors (Lipinski definition) is 1. The fourth-order valence-corrected chi connectivity index (χ4v) is 1.82. The van der Waals surface area contributed by atoms with Crippen molar-refractivity contribution in [1.82, 2.24) is 0 Å². The maximum Gasteiger partial charge on any atom is 0.0796 e. The van der Waals surface area contributed by atoms with Gasteiger partial charge in [0.1, 0.15) is 0 Å². The highest BCUT2D eigenvalue weighted by Crippen LogP contribution is 2.30. The summed E-state index contributed by atoms with van der Waals surface area (Å²) in [6, 6.07) is 8.74.